The largest absolute Gasteiger partial charge is 0.313 e. The van der Waals surface area contributed by atoms with Crippen LogP contribution in [0.4, 0.5) is 0 Å². The molecule has 0 aliphatic carbocycles. The Morgan fingerprint density at radius 3 is 2.13 bits per heavy atom. The standard InChI is InChI=1S/C13H30N2/c1-6-15(7-2)11-13(5)14-10-8-9-12(3)4/h12-14H,6-11H2,1-5H3. The second kappa shape index (κ2) is 9.17. The third-order valence-corrected chi connectivity index (χ3v) is 2.88. The lowest BCUT2D eigenvalue weighted by molar-refractivity contribution is 0.270. The molecule has 0 fully saturated rings. The molecular formula is C13H30N2. The fraction of sp³-hybridized carbons (Fsp3) is 1.00. The summed E-state index contributed by atoms with van der Waals surface area (Å²) >= 11 is 0. The third-order valence-electron chi connectivity index (χ3n) is 2.88. The Bertz CT molecular complexity index is 130. The molecule has 92 valence electrons. The number of likely N-dealkylation sites (N-methyl/N-ethyl adjacent to an activating group) is 1. The number of nitrogens with zero attached hydrogens (tertiary/aromatic N) is 1. The second-order valence-electron chi connectivity index (χ2n) is 4.88. The molecule has 1 atom stereocenters. The van der Waals surface area contributed by atoms with Crippen LogP contribution in [0.1, 0.15) is 47.5 Å². The average molecular weight is 214 g/mol. The van der Waals surface area contributed by atoms with E-state index < -0.39 is 0 Å². The zero-order valence-electron chi connectivity index (χ0n) is 11.3. The minimum atomic E-state index is 0.622. The Morgan fingerprint density at radius 1 is 1.07 bits per heavy atom. The Labute approximate surface area is 96.4 Å². The van der Waals surface area contributed by atoms with Gasteiger partial charge in [0.25, 0.3) is 0 Å². The Kier molecular flexibility index (Phi) is 9.12. The van der Waals surface area contributed by atoms with E-state index in [1.54, 1.807) is 0 Å². The van der Waals surface area contributed by atoms with E-state index in [0.29, 0.717) is 6.04 Å². The molecule has 0 amide bonds. The lowest BCUT2D eigenvalue weighted by atomic mass is 10.1. The quantitative estimate of drug-likeness (QED) is 0.594. The van der Waals surface area contributed by atoms with Crippen LogP contribution in [0.5, 0.6) is 0 Å². The maximum atomic E-state index is 3.60. The van der Waals surface area contributed by atoms with Crippen molar-refractivity contribution in [3.8, 4) is 0 Å². The molecule has 0 spiro atoms. The fourth-order valence-corrected chi connectivity index (χ4v) is 1.79. The molecule has 15 heavy (non-hydrogen) atoms. The highest BCUT2D eigenvalue weighted by atomic mass is 15.1. The molecule has 0 aromatic rings. The summed E-state index contributed by atoms with van der Waals surface area (Å²) in [5.74, 6) is 0.838. The van der Waals surface area contributed by atoms with Gasteiger partial charge in [0.15, 0.2) is 0 Å². The van der Waals surface area contributed by atoms with E-state index in [2.05, 4.69) is 44.8 Å². The van der Waals surface area contributed by atoms with Gasteiger partial charge in [0.05, 0.1) is 0 Å². The van der Waals surface area contributed by atoms with Crippen LogP contribution >= 0.6 is 0 Å². The van der Waals surface area contributed by atoms with Crippen molar-refractivity contribution in [3.63, 3.8) is 0 Å². The van der Waals surface area contributed by atoms with E-state index in [-0.39, 0.29) is 0 Å². The van der Waals surface area contributed by atoms with Gasteiger partial charge in [-0.3, -0.25) is 0 Å². The highest BCUT2D eigenvalue weighted by Crippen LogP contribution is 2.02. The summed E-state index contributed by atoms with van der Waals surface area (Å²) < 4.78 is 0. The Morgan fingerprint density at radius 2 is 1.67 bits per heavy atom. The summed E-state index contributed by atoms with van der Waals surface area (Å²) in [5, 5.41) is 3.60. The molecule has 1 N–H and O–H groups in total. The molecule has 2 heteroatoms. The lowest BCUT2D eigenvalue weighted by Gasteiger charge is -2.23. The molecule has 0 radical (unpaired) electrons. The van der Waals surface area contributed by atoms with E-state index in [1.807, 2.05) is 0 Å². The van der Waals surface area contributed by atoms with Crippen molar-refractivity contribution in [2.75, 3.05) is 26.2 Å². The normalized spacial score (nSPS) is 13.8. The molecular weight excluding hydrogens is 184 g/mol. The first-order valence-electron chi connectivity index (χ1n) is 6.55. The van der Waals surface area contributed by atoms with Crippen molar-refractivity contribution in [3.05, 3.63) is 0 Å². The number of nitrogens with one attached hydrogen (secondary N) is 1. The summed E-state index contributed by atoms with van der Waals surface area (Å²) in [6.45, 7) is 16.0. The van der Waals surface area contributed by atoms with Crippen LogP contribution in [0, 0.1) is 5.92 Å². The molecule has 0 aliphatic heterocycles. The molecule has 0 saturated carbocycles. The zero-order valence-corrected chi connectivity index (χ0v) is 11.3. The van der Waals surface area contributed by atoms with E-state index >= 15 is 0 Å². The van der Waals surface area contributed by atoms with Gasteiger partial charge in [-0.05, 0) is 45.3 Å². The first-order valence-corrected chi connectivity index (χ1v) is 6.55. The van der Waals surface area contributed by atoms with E-state index in [1.165, 1.54) is 25.9 Å². The van der Waals surface area contributed by atoms with Gasteiger partial charge in [-0.2, -0.15) is 0 Å². The number of hydrogen-bond donors (Lipinski definition) is 1. The topological polar surface area (TPSA) is 15.3 Å². The van der Waals surface area contributed by atoms with Crippen molar-refractivity contribution in [1.82, 2.24) is 10.2 Å². The third kappa shape index (κ3) is 8.88. The average Bonchev–Trinajstić information content (AvgIpc) is 2.20. The van der Waals surface area contributed by atoms with Gasteiger partial charge in [0.1, 0.15) is 0 Å². The van der Waals surface area contributed by atoms with Crippen LogP contribution < -0.4 is 5.32 Å². The molecule has 0 heterocycles. The summed E-state index contributed by atoms with van der Waals surface area (Å²) in [6.07, 6.45) is 2.64. The van der Waals surface area contributed by atoms with Gasteiger partial charge in [-0.1, -0.05) is 27.7 Å². The molecule has 0 rings (SSSR count). The minimum absolute atomic E-state index is 0.622. The molecule has 0 aromatic carbocycles. The van der Waals surface area contributed by atoms with Crippen LogP contribution in [-0.4, -0.2) is 37.1 Å². The van der Waals surface area contributed by atoms with Crippen molar-refractivity contribution in [1.29, 1.82) is 0 Å². The highest BCUT2D eigenvalue weighted by Gasteiger charge is 2.05. The smallest absolute Gasteiger partial charge is 0.0166 e. The predicted molar refractivity (Wildman–Crippen MR) is 69.3 cm³/mol. The van der Waals surface area contributed by atoms with Gasteiger partial charge < -0.3 is 10.2 Å². The number of rotatable bonds is 9. The fourth-order valence-electron chi connectivity index (χ4n) is 1.79. The Balaban J connectivity index is 3.43. The summed E-state index contributed by atoms with van der Waals surface area (Å²) in [4.78, 5) is 2.47. The van der Waals surface area contributed by atoms with Gasteiger partial charge >= 0.3 is 0 Å². The van der Waals surface area contributed by atoms with Crippen molar-refractivity contribution >= 4 is 0 Å². The SMILES string of the molecule is CCN(CC)CC(C)NCCCC(C)C. The molecule has 1 unspecified atom stereocenters. The minimum Gasteiger partial charge on any atom is -0.313 e. The first-order chi connectivity index (χ1) is 7.10. The van der Waals surface area contributed by atoms with E-state index in [0.717, 1.165) is 19.0 Å². The molecule has 0 aliphatic rings. The predicted octanol–water partition coefficient (Wildman–Crippen LogP) is 2.74. The van der Waals surface area contributed by atoms with Crippen molar-refractivity contribution in [2.45, 2.75) is 53.5 Å². The van der Waals surface area contributed by atoms with Crippen LogP contribution in [0.3, 0.4) is 0 Å². The first kappa shape index (κ1) is 14.9. The van der Waals surface area contributed by atoms with Gasteiger partial charge in [0.2, 0.25) is 0 Å². The van der Waals surface area contributed by atoms with E-state index in [9.17, 15) is 0 Å². The van der Waals surface area contributed by atoms with Gasteiger partial charge in [0, 0.05) is 12.6 Å². The van der Waals surface area contributed by atoms with Crippen LogP contribution in [0.15, 0.2) is 0 Å². The lowest BCUT2D eigenvalue weighted by Crippen LogP contribution is -2.39. The van der Waals surface area contributed by atoms with Gasteiger partial charge in [-0.15, -0.1) is 0 Å². The monoisotopic (exact) mass is 214 g/mol. The summed E-state index contributed by atoms with van der Waals surface area (Å²) in [6, 6.07) is 0.622. The summed E-state index contributed by atoms with van der Waals surface area (Å²) in [7, 11) is 0. The molecule has 2 nitrogen and oxygen atoms in total. The van der Waals surface area contributed by atoms with Gasteiger partial charge in [-0.25, -0.2) is 0 Å². The highest BCUT2D eigenvalue weighted by molar-refractivity contribution is 4.66. The number of hydrogen-bond acceptors (Lipinski definition) is 2. The van der Waals surface area contributed by atoms with Crippen molar-refractivity contribution in [2.24, 2.45) is 5.92 Å². The van der Waals surface area contributed by atoms with E-state index in [4.69, 9.17) is 0 Å². The van der Waals surface area contributed by atoms with Crippen LogP contribution in [0.25, 0.3) is 0 Å². The summed E-state index contributed by atoms with van der Waals surface area (Å²) in [5.41, 5.74) is 0. The zero-order chi connectivity index (χ0) is 11.7. The van der Waals surface area contributed by atoms with Crippen LogP contribution in [0.2, 0.25) is 0 Å². The molecule has 0 saturated heterocycles. The van der Waals surface area contributed by atoms with Crippen LogP contribution in [-0.2, 0) is 0 Å². The maximum Gasteiger partial charge on any atom is 0.0166 e. The molecule has 0 bridgehead atoms. The van der Waals surface area contributed by atoms with Crippen molar-refractivity contribution < 1.29 is 0 Å². The maximum absolute atomic E-state index is 3.60. The second-order valence-corrected chi connectivity index (χ2v) is 4.88. The molecule has 0 aromatic heterocycles. The Hall–Kier alpha value is -0.0800.